The van der Waals surface area contributed by atoms with Gasteiger partial charge in [0.25, 0.3) is 0 Å². The second kappa shape index (κ2) is 5.94. The van der Waals surface area contributed by atoms with Gasteiger partial charge in [-0.25, -0.2) is 0 Å². The number of aliphatic hydroxyl groups excluding tert-OH is 1. The predicted octanol–water partition coefficient (Wildman–Crippen LogP) is 4.08. The third-order valence-electron chi connectivity index (χ3n) is 3.47. The molecule has 0 bridgehead atoms. The Morgan fingerprint density at radius 1 is 1.00 bits per heavy atom. The van der Waals surface area contributed by atoms with Crippen LogP contribution in [-0.4, -0.2) is 10.1 Å². The van der Waals surface area contributed by atoms with E-state index in [4.69, 9.17) is 4.74 Å². The zero-order chi connectivity index (χ0) is 14.7. The summed E-state index contributed by atoms with van der Waals surface area (Å²) in [6, 6.07) is 17.6. The SMILES string of the molecule is CCc1ccccc1Oc1cc(CO)nc2ccccc12. The summed E-state index contributed by atoms with van der Waals surface area (Å²) in [4.78, 5) is 4.41. The van der Waals surface area contributed by atoms with Crippen LogP contribution in [0.25, 0.3) is 10.9 Å². The molecule has 0 radical (unpaired) electrons. The number of rotatable bonds is 4. The third kappa shape index (κ3) is 2.73. The van der Waals surface area contributed by atoms with Crippen LogP contribution in [0.4, 0.5) is 0 Å². The van der Waals surface area contributed by atoms with Gasteiger partial charge in [0.15, 0.2) is 0 Å². The van der Waals surface area contributed by atoms with Gasteiger partial charge in [-0.3, -0.25) is 4.98 Å². The Morgan fingerprint density at radius 2 is 1.76 bits per heavy atom. The first kappa shape index (κ1) is 13.6. The summed E-state index contributed by atoms with van der Waals surface area (Å²) >= 11 is 0. The van der Waals surface area contributed by atoms with Crippen molar-refractivity contribution in [1.82, 2.24) is 4.98 Å². The van der Waals surface area contributed by atoms with Gasteiger partial charge in [0.2, 0.25) is 0 Å². The Labute approximate surface area is 123 Å². The van der Waals surface area contributed by atoms with Gasteiger partial charge in [0, 0.05) is 11.5 Å². The molecular weight excluding hydrogens is 262 g/mol. The van der Waals surface area contributed by atoms with Gasteiger partial charge in [0.05, 0.1) is 17.8 Å². The van der Waals surface area contributed by atoms with E-state index in [0.29, 0.717) is 5.69 Å². The monoisotopic (exact) mass is 279 g/mol. The Bertz CT molecular complexity index is 768. The van der Waals surface area contributed by atoms with Crippen molar-refractivity contribution < 1.29 is 9.84 Å². The highest BCUT2D eigenvalue weighted by molar-refractivity contribution is 5.85. The van der Waals surface area contributed by atoms with Crippen LogP contribution in [0.5, 0.6) is 11.5 Å². The second-order valence-corrected chi connectivity index (χ2v) is 4.85. The number of hydrogen-bond donors (Lipinski definition) is 1. The summed E-state index contributed by atoms with van der Waals surface area (Å²) < 4.78 is 6.11. The molecule has 0 aliphatic heterocycles. The van der Waals surface area contributed by atoms with Gasteiger partial charge in [-0.1, -0.05) is 37.3 Å². The maximum absolute atomic E-state index is 9.37. The summed E-state index contributed by atoms with van der Waals surface area (Å²) in [5, 5.41) is 10.3. The number of aryl methyl sites for hydroxylation is 1. The van der Waals surface area contributed by atoms with Crippen LogP contribution < -0.4 is 4.74 Å². The van der Waals surface area contributed by atoms with Crippen LogP contribution in [0.1, 0.15) is 18.2 Å². The van der Waals surface area contributed by atoms with E-state index in [-0.39, 0.29) is 6.61 Å². The summed E-state index contributed by atoms with van der Waals surface area (Å²) in [6.07, 6.45) is 0.909. The highest BCUT2D eigenvalue weighted by Gasteiger charge is 2.09. The lowest BCUT2D eigenvalue weighted by atomic mass is 10.1. The van der Waals surface area contributed by atoms with E-state index in [0.717, 1.165) is 34.4 Å². The molecule has 0 aliphatic rings. The van der Waals surface area contributed by atoms with Crippen molar-refractivity contribution in [2.24, 2.45) is 0 Å². The standard InChI is InChI=1S/C18H17NO2/c1-2-13-7-3-6-10-17(13)21-18-11-14(12-20)19-16-9-5-4-8-15(16)18/h3-11,20H,2,12H2,1H3. The summed E-state index contributed by atoms with van der Waals surface area (Å²) in [7, 11) is 0. The molecule has 3 nitrogen and oxygen atoms in total. The molecule has 0 atom stereocenters. The summed E-state index contributed by atoms with van der Waals surface area (Å²) in [5.74, 6) is 1.57. The molecule has 3 aromatic rings. The topological polar surface area (TPSA) is 42.4 Å². The number of aliphatic hydroxyl groups is 1. The van der Waals surface area contributed by atoms with Gasteiger partial charge in [-0.05, 0) is 30.2 Å². The van der Waals surface area contributed by atoms with Crippen molar-refractivity contribution in [2.75, 3.05) is 0 Å². The Hall–Kier alpha value is -2.39. The van der Waals surface area contributed by atoms with E-state index in [1.165, 1.54) is 0 Å². The lowest BCUT2D eigenvalue weighted by Gasteiger charge is -2.13. The highest BCUT2D eigenvalue weighted by Crippen LogP contribution is 2.31. The minimum absolute atomic E-state index is 0.101. The van der Waals surface area contributed by atoms with E-state index in [9.17, 15) is 5.11 Å². The molecule has 0 saturated carbocycles. The van der Waals surface area contributed by atoms with Gasteiger partial charge >= 0.3 is 0 Å². The van der Waals surface area contributed by atoms with Crippen molar-refractivity contribution in [3.8, 4) is 11.5 Å². The van der Waals surface area contributed by atoms with Crippen molar-refractivity contribution in [2.45, 2.75) is 20.0 Å². The number of ether oxygens (including phenoxy) is 1. The minimum atomic E-state index is -0.101. The van der Waals surface area contributed by atoms with Gasteiger partial charge in [-0.15, -0.1) is 0 Å². The molecule has 3 heteroatoms. The molecule has 106 valence electrons. The molecule has 2 aromatic carbocycles. The molecule has 0 amide bonds. The molecule has 0 unspecified atom stereocenters. The maximum Gasteiger partial charge on any atom is 0.138 e. The lowest BCUT2D eigenvalue weighted by molar-refractivity contribution is 0.276. The number of fused-ring (bicyclic) bond motifs is 1. The number of pyridine rings is 1. The van der Waals surface area contributed by atoms with Crippen LogP contribution in [0.15, 0.2) is 54.6 Å². The fourth-order valence-electron chi connectivity index (χ4n) is 2.37. The highest BCUT2D eigenvalue weighted by atomic mass is 16.5. The van der Waals surface area contributed by atoms with Gasteiger partial charge in [-0.2, -0.15) is 0 Å². The second-order valence-electron chi connectivity index (χ2n) is 4.85. The molecule has 1 aromatic heterocycles. The molecule has 0 fully saturated rings. The molecule has 1 N–H and O–H groups in total. The maximum atomic E-state index is 9.37. The van der Waals surface area contributed by atoms with Crippen LogP contribution in [0, 0.1) is 0 Å². The van der Waals surface area contributed by atoms with Crippen LogP contribution in [0.3, 0.4) is 0 Å². The smallest absolute Gasteiger partial charge is 0.138 e. The van der Waals surface area contributed by atoms with E-state index in [2.05, 4.69) is 18.0 Å². The van der Waals surface area contributed by atoms with Gasteiger partial charge in [0.1, 0.15) is 11.5 Å². The number of para-hydroxylation sites is 2. The van der Waals surface area contributed by atoms with Crippen LogP contribution >= 0.6 is 0 Å². The van der Waals surface area contributed by atoms with Crippen molar-refractivity contribution in [3.05, 3.63) is 65.9 Å². The molecule has 3 rings (SSSR count). The average molecular weight is 279 g/mol. The zero-order valence-corrected chi connectivity index (χ0v) is 11.9. The number of hydrogen-bond acceptors (Lipinski definition) is 3. The first-order valence-electron chi connectivity index (χ1n) is 7.07. The number of benzene rings is 2. The van der Waals surface area contributed by atoms with E-state index in [1.54, 1.807) is 6.07 Å². The molecule has 0 spiro atoms. The Morgan fingerprint density at radius 3 is 2.57 bits per heavy atom. The van der Waals surface area contributed by atoms with E-state index >= 15 is 0 Å². The summed E-state index contributed by atoms with van der Waals surface area (Å²) in [6.45, 7) is 2.00. The lowest BCUT2D eigenvalue weighted by Crippen LogP contribution is -1.95. The van der Waals surface area contributed by atoms with Crippen LogP contribution in [0.2, 0.25) is 0 Å². The van der Waals surface area contributed by atoms with E-state index < -0.39 is 0 Å². The first-order chi connectivity index (χ1) is 10.3. The quantitative estimate of drug-likeness (QED) is 0.782. The molecule has 1 heterocycles. The van der Waals surface area contributed by atoms with Crippen molar-refractivity contribution in [1.29, 1.82) is 0 Å². The molecule has 0 saturated heterocycles. The van der Waals surface area contributed by atoms with E-state index in [1.807, 2.05) is 42.5 Å². The average Bonchev–Trinajstić information content (AvgIpc) is 2.55. The molecule has 0 aliphatic carbocycles. The van der Waals surface area contributed by atoms with Crippen LogP contribution in [-0.2, 0) is 13.0 Å². The molecule has 21 heavy (non-hydrogen) atoms. The predicted molar refractivity (Wildman–Crippen MR) is 83.6 cm³/mol. The van der Waals surface area contributed by atoms with Crippen molar-refractivity contribution >= 4 is 10.9 Å². The minimum Gasteiger partial charge on any atom is -0.456 e. The zero-order valence-electron chi connectivity index (χ0n) is 11.9. The first-order valence-corrected chi connectivity index (χ1v) is 7.07. The number of aromatic nitrogens is 1. The largest absolute Gasteiger partial charge is 0.456 e. The Kier molecular flexibility index (Phi) is 3.84. The fraction of sp³-hybridized carbons (Fsp3) is 0.167. The Balaban J connectivity index is 2.11. The normalized spacial score (nSPS) is 10.8. The summed E-state index contributed by atoms with van der Waals surface area (Å²) in [5.41, 5.74) is 2.59. The fourth-order valence-corrected chi connectivity index (χ4v) is 2.37. The molecular formula is C18H17NO2. The third-order valence-corrected chi connectivity index (χ3v) is 3.47. The van der Waals surface area contributed by atoms with Gasteiger partial charge < -0.3 is 9.84 Å². The van der Waals surface area contributed by atoms with Crippen molar-refractivity contribution in [3.63, 3.8) is 0 Å². The number of nitrogens with zero attached hydrogens (tertiary/aromatic N) is 1.